The Bertz CT molecular complexity index is 944. The Morgan fingerprint density at radius 1 is 1.20 bits per heavy atom. The summed E-state index contributed by atoms with van der Waals surface area (Å²) in [6, 6.07) is 7.79. The van der Waals surface area contributed by atoms with Gasteiger partial charge in [0.15, 0.2) is 5.76 Å². The monoisotopic (exact) mass is 430 g/mol. The van der Waals surface area contributed by atoms with Crippen molar-refractivity contribution in [3.63, 3.8) is 0 Å². The number of hydrogen-bond acceptors (Lipinski definition) is 5. The molecule has 1 N–H and O–H groups in total. The Balaban J connectivity index is 1.80. The van der Waals surface area contributed by atoms with Crippen LogP contribution in [0, 0.1) is 5.92 Å². The van der Waals surface area contributed by atoms with Crippen molar-refractivity contribution in [3.05, 3.63) is 70.2 Å². The van der Waals surface area contributed by atoms with Gasteiger partial charge >= 0.3 is 0 Å². The molecule has 1 aromatic carbocycles. The topological polar surface area (TPSA) is 73.6 Å². The number of benzene rings is 1. The number of nitrogens with zero attached hydrogens (tertiary/aromatic N) is 1. The smallest absolute Gasteiger partial charge is 0.226 e. The van der Waals surface area contributed by atoms with Crippen molar-refractivity contribution >= 4 is 23.3 Å². The van der Waals surface area contributed by atoms with Gasteiger partial charge in [0.05, 0.1) is 12.0 Å². The lowest BCUT2D eigenvalue weighted by Crippen LogP contribution is -2.25. The minimum Gasteiger partial charge on any atom is -0.462 e. The third kappa shape index (κ3) is 5.25. The van der Waals surface area contributed by atoms with E-state index in [1.165, 1.54) is 6.26 Å². The summed E-state index contributed by atoms with van der Waals surface area (Å²) in [6.07, 6.45) is 3.91. The molecule has 1 aliphatic rings. The van der Waals surface area contributed by atoms with Crippen LogP contribution in [0.3, 0.4) is 0 Å². The van der Waals surface area contributed by atoms with Crippen LogP contribution in [0.25, 0.3) is 5.76 Å². The molecule has 3 rings (SSSR count). The van der Waals surface area contributed by atoms with Gasteiger partial charge in [-0.05, 0) is 30.5 Å². The maximum atomic E-state index is 12.0. The maximum absolute atomic E-state index is 12.0. The van der Waals surface area contributed by atoms with Crippen molar-refractivity contribution in [1.82, 2.24) is 10.5 Å². The Kier molecular flexibility index (Phi) is 7.21. The highest BCUT2D eigenvalue weighted by atomic mass is 35.5. The fraction of sp³-hybridized carbons (Fsp3) is 0.391. The lowest BCUT2D eigenvalue weighted by atomic mass is 9.97. The van der Waals surface area contributed by atoms with Crippen molar-refractivity contribution in [2.24, 2.45) is 5.92 Å². The van der Waals surface area contributed by atoms with Crippen molar-refractivity contribution in [2.75, 3.05) is 6.54 Å². The normalized spacial score (nSPS) is 14.8. The third-order valence-corrected chi connectivity index (χ3v) is 5.09. The molecule has 0 saturated carbocycles. The number of carbonyl (C=O) groups excluding carboxylic acids is 1. The largest absolute Gasteiger partial charge is 0.462 e. The molecular weight excluding hydrogens is 404 g/mol. The van der Waals surface area contributed by atoms with Gasteiger partial charge < -0.3 is 19.3 Å². The van der Waals surface area contributed by atoms with Gasteiger partial charge in [-0.1, -0.05) is 49.7 Å². The summed E-state index contributed by atoms with van der Waals surface area (Å²) < 4.78 is 17.4. The van der Waals surface area contributed by atoms with Gasteiger partial charge in [-0.3, -0.25) is 4.79 Å². The van der Waals surface area contributed by atoms with Gasteiger partial charge in [0.1, 0.15) is 29.7 Å². The zero-order valence-electron chi connectivity index (χ0n) is 17.7. The Hall–Kier alpha value is -2.73. The molecule has 0 bridgehead atoms. The predicted octanol–water partition coefficient (Wildman–Crippen LogP) is 5.41. The first kappa shape index (κ1) is 22.0. The number of carbonyl (C=O) groups is 1. The molecule has 160 valence electrons. The minimum atomic E-state index is -0.122. The number of ether oxygens (including phenoxy) is 2. The van der Waals surface area contributed by atoms with Crippen LogP contribution in [0.2, 0.25) is 5.02 Å². The molecule has 2 aromatic rings. The van der Waals surface area contributed by atoms with Gasteiger partial charge in [-0.2, -0.15) is 0 Å². The van der Waals surface area contributed by atoms with Gasteiger partial charge in [0.2, 0.25) is 5.91 Å². The standard InChI is InChI=1S/C23H27ClN2O4/c1-5-25-21(27)11-20-19(13-29-26-20)23-22(14(2)3)28-12-18(30-23)10-15(4)16-6-8-17(24)9-7-16/h6-9,12-15H,5,10-11H2,1-4H3,(H,25,27). The minimum absolute atomic E-state index is 0.0821. The van der Waals surface area contributed by atoms with Crippen molar-refractivity contribution in [1.29, 1.82) is 0 Å². The molecular formula is C23H27ClN2O4. The summed E-state index contributed by atoms with van der Waals surface area (Å²) in [5.74, 6) is 2.09. The molecule has 1 atom stereocenters. The summed E-state index contributed by atoms with van der Waals surface area (Å²) in [5.41, 5.74) is 2.31. The fourth-order valence-corrected chi connectivity index (χ4v) is 3.38. The number of rotatable bonds is 8. The molecule has 0 spiro atoms. The van der Waals surface area contributed by atoms with E-state index < -0.39 is 0 Å². The highest BCUT2D eigenvalue weighted by Crippen LogP contribution is 2.37. The summed E-state index contributed by atoms with van der Waals surface area (Å²) in [5, 5.41) is 7.50. The van der Waals surface area contributed by atoms with Crippen LogP contribution in [0.15, 0.2) is 52.8 Å². The molecule has 7 heteroatoms. The average molecular weight is 431 g/mol. The molecule has 6 nitrogen and oxygen atoms in total. The second-order valence-corrected chi connectivity index (χ2v) is 8.05. The molecule has 0 aliphatic carbocycles. The summed E-state index contributed by atoms with van der Waals surface area (Å²) in [4.78, 5) is 12.0. The summed E-state index contributed by atoms with van der Waals surface area (Å²) in [7, 11) is 0. The van der Waals surface area contributed by atoms with Crippen LogP contribution in [0.4, 0.5) is 0 Å². The van der Waals surface area contributed by atoms with Gasteiger partial charge in [0, 0.05) is 23.9 Å². The first-order valence-electron chi connectivity index (χ1n) is 10.1. The summed E-state index contributed by atoms with van der Waals surface area (Å²) >= 11 is 6.00. The van der Waals surface area contributed by atoms with Crippen LogP contribution in [0.5, 0.6) is 0 Å². The molecule has 0 radical (unpaired) electrons. The number of allylic oxidation sites excluding steroid dienone is 2. The Labute approximate surface area is 181 Å². The molecule has 2 heterocycles. The quantitative estimate of drug-likeness (QED) is 0.605. The lowest BCUT2D eigenvalue weighted by molar-refractivity contribution is -0.120. The van der Waals surface area contributed by atoms with E-state index in [4.69, 9.17) is 25.6 Å². The average Bonchev–Trinajstić information content (AvgIpc) is 3.16. The number of likely N-dealkylation sites (N-methyl/N-ethyl adjacent to an activating group) is 1. The lowest BCUT2D eigenvalue weighted by Gasteiger charge is -2.25. The second kappa shape index (κ2) is 9.85. The van der Waals surface area contributed by atoms with Crippen LogP contribution < -0.4 is 5.32 Å². The van der Waals surface area contributed by atoms with Crippen LogP contribution in [0.1, 0.15) is 56.9 Å². The van der Waals surface area contributed by atoms with E-state index >= 15 is 0 Å². The van der Waals surface area contributed by atoms with Crippen LogP contribution in [-0.4, -0.2) is 17.6 Å². The number of aromatic nitrogens is 1. The Morgan fingerprint density at radius 2 is 1.93 bits per heavy atom. The second-order valence-electron chi connectivity index (χ2n) is 7.61. The number of nitrogens with one attached hydrogen (secondary N) is 1. The van der Waals surface area contributed by atoms with Gasteiger partial charge in [-0.15, -0.1) is 0 Å². The van der Waals surface area contributed by atoms with E-state index in [9.17, 15) is 4.79 Å². The number of amides is 1. The van der Waals surface area contributed by atoms with Crippen LogP contribution >= 0.6 is 11.6 Å². The molecule has 1 unspecified atom stereocenters. The fourth-order valence-electron chi connectivity index (χ4n) is 3.26. The zero-order chi connectivity index (χ0) is 21.7. The molecule has 1 amide bonds. The highest BCUT2D eigenvalue weighted by Gasteiger charge is 2.27. The van der Waals surface area contributed by atoms with Crippen molar-refractivity contribution in [3.8, 4) is 0 Å². The molecule has 1 aliphatic heterocycles. The molecule has 0 saturated heterocycles. The third-order valence-electron chi connectivity index (χ3n) is 4.84. The van der Waals surface area contributed by atoms with E-state index in [-0.39, 0.29) is 24.2 Å². The van der Waals surface area contributed by atoms with E-state index in [0.29, 0.717) is 46.5 Å². The molecule has 1 aromatic heterocycles. The van der Waals surface area contributed by atoms with Crippen molar-refractivity contribution in [2.45, 2.75) is 46.5 Å². The van der Waals surface area contributed by atoms with Gasteiger partial charge in [0.25, 0.3) is 0 Å². The number of hydrogen-bond donors (Lipinski definition) is 1. The van der Waals surface area contributed by atoms with E-state index in [1.807, 2.05) is 45.0 Å². The molecule has 0 fully saturated rings. The molecule has 30 heavy (non-hydrogen) atoms. The first-order valence-corrected chi connectivity index (χ1v) is 10.5. The van der Waals surface area contributed by atoms with Crippen molar-refractivity contribution < 1.29 is 18.8 Å². The van der Waals surface area contributed by atoms with E-state index in [2.05, 4.69) is 17.4 Å². The first-order chi connectivity index (χ1) is 14.4. The Morgan fingerprint density at radius 3 is 2.60 bits per heavy atom. The SMILES string of the molecule is CCNC(=O)Cc1nocc1C1=C(C(C)C)OC=C(CC(C)c2ccc(Cl)cc2)O1. The van der Waals surface area contributed by atoms with Crippen LogP contribution in [-0.2, 0) is 20.7 Å². The summed E-state index contributed by atoms with van der Waals surface area (Å²) in [6.45, 7) is 8.59. The van der Waals surface area contributed by atoms with E-state index in [1.54, 1.807) is 6.26 Å². The predicted molar refractivity (Wildman–Crippen MR) is 115 cm³/mol. The maximum Gasteiger partial charge on any atom is 0.226 e. The highest BCUT2D eigenvalue weighted by molar-refractivity contribution is 6.30. The van der Waals surface area contributed by atoms with Gasteiger partial charge in [-0.25, -0.2) is 0 Å². The number of halogens is 1. The zero-order valence-corrected chi connectivity index (χ0v) is 18.5. The van der Waals surface area contributed by atoms with E-state index in [0.717, 1.165) is 5.56 Å².